The molecule has 0 atom stereocenters. The number of benzene rings is 2. The van der Waals surface area contributed by atoms with Gasteiger partial charge in [0, 0.05) is 4.47 Å². The number of aldehydes is 1. The molecule has 2 aromatic rings. The number of hydrogen-bond acceptors (Lipinski definition) is 2. The quantitative estimate of drug-likeness (QED) is 0.791. The van der Waals surface area contributed by atoms with Gasteiger partial charge in [0.15, 0.2) is 6.29 Å². The van der Waals surface area contributed by atoms with Crippen LogP contribution in [0.2, 0.25) is 0 Å². The minimum absolute atomic E-state index is 0.547. The largest absolute Gasteiger partial charge is 0.457 e. The van der Waals surface area contributed by atoms with Crippen LogP contribution in [0.25, 0.3) is 0 Å². The second-order valence-electron chi connectivity index (χ2n) is 3.21. The van der Waals surface area contributed by atoms with Crippen molar-refractivity contribution >= 4 is 22.2 Å². The van der Waals surface area contributed by atoms with Crippen molar-refractivity contribution in [1.29, 1.82) is 0 Å². The van der Waals surface area contributed by atoms with Gasteiger partial charge >= 0.3 is 0 Å². The fourth-order valence-corrected chi connectivity index (χ4v) is 1.56. The highest BCUT2D eigenvalue weighted by atomic mass is 79.9. The van der Waals surface area contributed by atoms with Crippen molar-refractivity contribution in [2.24, 2.45) is 0 Å². The molecular weight excluding hydrogens is 268 g/mol. The Kier molecular flexibility index (Phi) is 3.37. The topological polar surface area (TPSA) is 26.3 Å². The number of carbonyl (C=O) groups is 1. The third-order valence-corrected chi connectivity index (χ3v) is 2.62. The van der Waals surface area contributed by atoms with Crippen molar-refractivity contribution in [3.05, 3.63) is 58.6 Å². The average Bonchev–Trinajstić information content (AvgIpc) is 2.33. The van der Waals surface area contributed by atoms with Crippen LogP contribution in [0, 0.1) is 0 Å². The number of ether oxygens (including phenoxy) is 1. The molecule has 0 bridgehead atoms. The highest BCUT2D eigenvalue weighted by Crippen LogP contribution is 2.25. The monoisotopic (exact) mass is 276 g/mol. The average molecular weight is 277 g/mol. The van der Waals surface area contributed by atoms with E-state index in [1.54, 1.807) is 18.2 Å². The fourth-order valence-electron chi connectivity index (χ4n) is 1.30. The van der Waals surface area contributed by atoms with Crippen molar-refractivity contribution in [3.63, 3.8) is 0 Å². The van der Waals surface area contributed by atoms with E-state index in [4.69, 9.17) is 4.74 Å². The van der Waals surface area contributed by atoms with E-state index in [1.807, 2.05) is 30.3 Å². The van der Waals surface area contributed by atoms with Gasteiger partial charge in [-0.15, -0.1) is 0 Å². The maximum absolute atomic E-state index is 10.8. The fraction of sp³-hybridized carbons (Fsp3) is 0. The Morgan fingerprint density at radius 2 is 1.69 bits per heavy atom. The summed E-state index contributed by atoms with van der Waals surface area (Å²) in [6.07, 6.45) is 0.786. The zero-order valence-electron chi connectivity index (χ0n) is 8.39. The predicted octanol–water partition coefficient (Wildman–Crippen LogP) is 4.05. The van der Waals surface area contributed by atoms with Crippen LogP contribution in [0.5, 0.6) is 11.5 Å². The van der Waals surface area contributed by atoms with E-state index in [-0.39, 0.29) is 0 Å². The first kappa shape index (κ1) is 10.9. The predicted molar refractivity (Wildman–Crippen MR) is 66.0 cm³/mol. The molecule has 0 saturated heterocycles. The maximum Gasteiger partial charge on any atom is 0.153 e. The molecule has 0 heterocycles. The van der Waals surface area contributed by atoms with Crippen molar-refractivity contribution in [2.75, 3.05) is 0 Å². The van der Waals surface area contributed by atoms with E-state index in [0.717, 1.165) is 10.8 Å². The van der Waals surface area contributed by atoms with Crippen LogP contribution in [0.4, 0.5) is 0 Å². The minimum Gasteiger partial charge on any atom is -0.457 e. The smallest absolute Gasteiger partial charge is 0.153 e. The molecule has 2 aromatic carbocycles. The molecule has 3 heteroatoms. The van der Waals surface area contributed by atoms with Crippen molar-refractivity contribution in [1.82, 2.24) is 0 Å². The molecule has 0 amide bonds. The van der Waals surface area contributed by atoms with Crippen molar-refractivity contribution < 1.29 is 9.53 Å². The van der Waals surface area contributed by atoms with Gasteiger partial charge in [-0.2, -0.15) is 0 Å². The molecule has 0 radical (unpaired) electrons. The van der Waals surface area contributed by atoms with Crippen LogP contribution < -0.4 is 4.74 Å². The molecule has 2 nitrogen and oxygen atoms in total. The van der Waals surface area contributed by atoms with Crippen LogP contribution in [0.1, 0.15) is 10.4 Å². The van der Waals surface area contributed by atoms with Gasteiger partial charge in [0.1, 0.15) is 11.5 Å². The highest BCUT2D eigenvalue weighted by Gasteiger charge is 2.02. The normalized spacial score (nSPS) is 9.81. The third kappa shape index (κ3) is 2.49. The molecule has 0 aliphatic rings. The molecule has 0 N–H and O–H groups in total. The van der Waals surface area contributed by atoms with E-state index in [0.29, 0.717) is 17.1 Å². The van der Waals surface area contributed by atoms with E-state index >= 15 is 0 Å². The number of hydrogen-bond donors (Lipinski definition) is 0. The van der Waals surface area contributed by atoms with Crippen molar-refractivity contribution in [3.8, 4) is 11.5 Å². The molecule has 0 saturated carbocycles. The molecule has 2 rings (SSSR count). The van der Waals surface area contributed by atoms with Gasteiger partial charge in [-0.3, -0.25) is 4.79 Å². The summed E-state index contributed by atoms with van der Waals surface area (Å²) in [5, 5.41) is 0. The van der Waals surface area contributed by atoms with Crippen LogP contribution in [-0.4, -0.2) is 6.29 Å². The van der Waals surface area contributed by atoms with E-state index < -0.39 is 0 Å². The summed E-state index contributed by atoms with van der Waals surface area (Å²) in [4.78, 5) is 10.8. The minimum atomic E-state index is 0.547. The van der Waals surface area contributed by atoms with Gasteiger partial charge in [0.2, 0.25) is 0 Å². The third-order valence-electron chi connectivity index (χ3n) is 2.09. The molecule has 0 aromatic heterocycles. The van der Waals surface area contributed by atoms with Crippen LogP contribution >= 0.6 is 15.9 Å². The van der Waals surface area contributed by atoms with Crippen LogP contribution in [-0.2, 0) is 0 Å². The van der Waals surface area contributed by atoms with Gasteiger partial charge in [0.25, 0.3) is 0 Å². The number of para-hydroxylation sites is 1. The Hall–Kier alpha value is -1.61. The molecule has 0 aliphatic carbocycles. The maximum atomic E-state index is 10.8. The second kappa shape index (κ2) is 4.94. The van der Waals surface area contributed by atoms with E-state index in [2.05, 4.69) is 15.9 Å². The number of rotatable bonds is 3. The SMILES string of the molecule is O=Cc1ccccc1Oc1ccc(Br)cc1. The van der Waals surface area contributed by atoms with Gasteiger partial charge in [-0.05, 0) is 36.4 Å². The standard InChI is InChI=1S/C13H9BrO2/c14-11-5-7-12(8-6-11)16-13-4-2-1-3-10(13)9-15/h1-9H. The van der Waals surface area contributed by atoms with Crippen molar-refractivity contribution in [2.45, 2.75) is 0 Å². The number of halogens is 1. The van der Waals surface area contributed by atoms with E-state index in [9.17, 15) is 4.79 Å². The van der Waals surface area contributed by atoms with Gasteiger partial charge in [-0.25, -0.2) is 0 Å². The molecule has 0 fully saturated rings. The van der Waals surface area contributed by atoms with E-state index in [1.165, 1.54) is 0 Å². The Morgan fingerprint density at radius 1 is 1.00 bits per heavy atom. The molecule has 0 unspecified atom stereocenters. The lowest BCUT2D eigenvalue weighted by molar-refractivity contribution is 0.112. The molecule has 16 heavy (non-hydrogen) atoms. The first-order valence-electron chi connectivity index (χ1n) is 4.77. The lowest BCUT2D eigenvalue weighted by Gasteiger charge is -2.07. The summed E-state index contributed by atoms with van der Waals surface area (Å²) >= 11 is 3.35. The Labute approximate surface area is 102 Å². The lowest BCUT2D eigenvalue weighted by Crippen LogP contribution is -1.89. The Balaban J connectivity index is 2.26. The first-order valence-corrected chi connectivity index (χ1v) is 5.56. The zero-order valence-corrected chi connectivity index (χ0v) is 9.98. The summed E-state index contributed by atoms with van der Waals surface area (Å²) < 4.78 is 6.59. The number of carbonyl (C=O) groups excluding carboxylic acids is 1. The van der Waals surface area contributed by atoms with Gasteiger partial charge in [-0.1, -0.05) is 28.1 Å². The molecule has 0 spiro atoms. The lowest BCUT2D eigenvalue weighted by atomic mass is 10.2. The molecular formula is C13H9BrO2. The summed E-state index contributed by atoms with van der Waals surface area (Å²) in [7, 11) is 0. The van der Waals surface area contributed by atoms with Crippen LogP contribution in [0.15, 0.2) is 53.0 Å². The second-order valence-corrected chi connectivity index (χ2v) is 4.13. The summed E-state index contributed by atoms with van der Waals surface area (Å²) in [5.41, 5.74) is 0.547. The van der Waals surface area contributed by atoms with Crippen LogP contribution in [0.3, 0.4) is 0 Å². The highest BCUT2D eigenvalue weighted by molar-refractivity contribution is 9.10. The summed E-state index contributed by atoms with van der Waals surface area (Å²) in [5.74, 6) is 1.28. The summed E-state index contributed by atoms with van der Waals surface area (Å²) in [6, 6.07) is 14.6. The Bertz CT molecular complexity index is 492. The molecule has 0 aliphatic heterocycles. The molecule has 80 valence electrons. The van der Waals surface area contributed by atoms with Gasteiger partial charge in [0.05, 0.1) is 5.56 Å². The zero-order chi connectivity index (χ0) is 11.4. The Morgan fingerprint density at radius 3 is 2.38 bits per heavy atom. The first-order chi connectivity index (χ1) is 7.79. The van der Waals surface area contributed by atoms with Gasteiger partial charge < -0.3 is 4.74 Å². The summed E-state index contributed by atoms with van der Waals surface area (Å²) in [6.45, 7) is 0.